The molecule has 0 rings (SSSR count). The number of likely N-dealkylation sites (N-methyl/N-ethyl adjacent to an activating group) is 1. The van der Waals surface area contributed by atoms with Crippen LogP contribution in [-0.2, 0) is 18.4 Å². The predicted octanol–water partition coefficient (Wildman–Crippen LogP) is 12.0. The number of hydrogen-bond acceptors (Lipinski definition) is 6. The highest BCUT2D eigenvalue weighted by atomic mass is 31.2. The molecular formula is C44H91N2O6P. The van der Waals surface area contributed by atoms with Crippen molar-refractivity contribution in [3.63, 3.8) is 0 Å². The lowest BCUT2D eigenvalue weighted by atomic mass is 10.0. The number of nitrogens with one attached hydrogen (secondary N) is 1. The third-order valence-electron chi connectivity index (χ3n) is 10.6. The molecule has 2 N–H and O–H groups in total. The molecule has 53 heavy (non-hydrogen) atoms. The van der Waals surface area contributed by atoms with E-state index in [0.29, 0.717) is 23.9 Å². The molecule has 0 radical (unpaired) electrons. The van der Waals surface area contributed by atoms with Gasteiger partial charge in [0.15, 0.2) is 0 Å². The summed E-state index contributed by atoms with van der Waals surface area (Å²) >= 11 is 0. The Morgan fingerprint density at radius 2 is 0.925 bits per heavy atom. The van der Waals surface area contributed by atoms with Gasteiger partial charge in [0, 0.05) is 6.42 Å². The van der Waals surface area contributed by atoms with E-state index in [1.807, 2.05) is 21.1 Å². The third kappa shape index (κ3) is 39.5. The van der Waals surface area contributed by atoms with Crippen LogP contribution in [0.15, 0.2) is 0 Å². The number of rotatable bonds is 42. The summed E-state index contributed by atoms with van der Waals surface area (Å²) < 4.78 is 23.1. The van der Waals surface area contributed by atoms with E-state index in [9.17, 15) is 19.4 Å². The van der Waals surface area contributed by atoms with Gasteiger partial charge in [0.25, 0.3) is 7.82 Å². The maximum absolute atomic E-state index is 12.8. The van der Waals surface area contributed by atoms with Crippen LogP contribution >= 0.6 is 7.82 Å². The molecule has 1 amide bonds. The summed E-state index contributed by atoms with van der Waals surface area (Å²) in [5, 5.41) is 13.7. The van der Waals surface area contributed by atoms with E-state index in [4.69, 9.17) is 9.05 Å². The highest BCUT2D eigenvalue weighted by Crippen LogP contribution is 2.38. The van der Waals surface area contributed by atoms with Crippen LogP contribution in [0.3, 0.4) is 0 Å². The first-order valence-electron chi connectivity index (χ1n) is 22.9. The fraction of sp³-hybridized carbons (Fsp3) is 0.977. The SMILES string of the molecule is CCCCCCCCCCCCCCCCCCCCCCCCCCCC(=O)NC(COP(=O)([O-])OCC[N+](C)(C)C)C(O)CCCCCCCC. The van der Waals surface area contributed by atoms with Gasteiger partial charge < -0.3 is 28.8 Å². The predicted molar refractivity (Wildman–Crippen MR) is 224 cm³/mol. The Morgan fingerprint density at radius 3 is 1.28 bits per heavy atom. The van der Waals surface area contributed by atoms with Gasteiger partial charge in [0.2, 0.25) is 5.91 Å². The largest absolute Gasteiger partial charge is 0.756 e. The monoisotopic (exact) mass is 775 g/mol. The first-order valence-corrected chi connectivity index (χ1v) is 24.3. The van der Waals surface area contributed by atoms with Crippen LogP contribution in [0.5, 0.6) is 0 Å². The molecule has 3 atom stereocenters. The molecule has 0 aliphatic rings. The van der Waals surface area contributed by atoms with Crippen molar-refractivity contribution in [2.24, 2.45) is 0 Å². The van der Waals surface area contributed by atoms with Crippen molar-refractivity contribution >= 4 is 13.7 Å². The molecule has 9 heteroatoms. The van der Waals surface area contributed by atoms with Crippen LogP contribution in [0.1, 0.15) is 226 Å². The molecule has 0 aliphatic heterocycles. The number of aliphatic hydroxyl groups excluding tert-OH is 1. The fourth-order valence-electron chi connectivity index (χ4n) is 6.92. The molecule has 0 aliphatic carbocycles. The van der Waals surface area contributed by atoms with E-state index in [-0.39, 0.29) is 19.1 Å². The van der Waals surface area contributed by atoms with Gasteiger partial charge in [-0.25, -0.2) is 0 Å². The Morgan fingerprint density at radius 1 is 0.585 bits per heavy atom. The van der Waals surface area contributed by atoms with Crippen molar-refractivity contribution in [1.82, 2.24) is 5.32 Å². The van der Waals surface area contributed by atoms with Crippen molar-refractivity contribution in [2.75, 3.05) is 40.9 Å². The van der Waals surface area contributed by atoms with Gasteiger partial charge >= 0.3 is 0 Å². The molecule has 0 spiro atoms. The van der Waals surface area contributed by atoms with Crippen molar-refractivity contribution in [3.05, 3.63) is 0 Å². The Hall–Kier alpha value is -0.500. The average molecular weight is 775 g/mol. The summed E-state index contributed by atoms with van der Waals surface area (Å²) in [6, 6.07) is -0.790. The molecule has 0 saturated heterocycles. The van der Waals surface area contributed by atoms with Gasteiger partial charge in [0.1, 0.15) is 13.2 Å². The quantitative estimate of drug-likeness (QED) is 0.0363. The number of phosphoric ester groups is 1. The molecule has 318 valence electrons. The van der Waals surface area contributed by atoms with Gasteiger partial charge in [-0.1, -0.05) is 206 Å². The molecule has 0 aromatic rings. The maximum Gasteiger partial charge on any atom is 0.268 e. The van der Waals surface area contributed by atoms with Crippen LogP contribution < -0.4 is 10.2 Å². The number of amides is 1. The lowest BCUT2D eigenvalue weighted by molar-refractivity contribution is -0.870. The summed E-state index contributed by atoms with van der Waals surface area (Å²) in [5.74, 6) is -0.165. The second-order valence-corrected chi connectivity index (χ2v) is 18.5. The standard InChI is InChI=1S/C44H91N2O6P/c1-6-8-10-12-14-15-16-17-18-19-20-21-22-23-24-25-26-27-28-29-30-31-32-34-36-38-44(48)45-42(43(47)37-35-33-13-11-9-7-2)41-52-53(49,50)51-40-39-46(3,4)5/h42-43,47H,6-41H2,1-5H3,(H-,45,48,49,50). The van der Waals surface area contributed by atoms with Crippen LogP contribution in [0, 0.1) is 0 Å². The molecule has 0 aromatic carbocycles. The highest BCUT2D eigenvalue weighted by Gasteiger charge is 2.24. The summed E-state index contributed by atoms with van der Waals surface area (Å²) in [6.07, 6.45) is 40.1. The van der Waals surface area contributed by atoms with Crippen molar-refractivity contribution in [3.8, 4) is 0 Å². The van der Waals surface area contributed by atoms with Crippen LogP contribution in [0.2, 0.25) is 0 Å². The Balaban J connectivity index is 3.95. The summed E-state index contributed by atoms with van der Waals surface area (Å²) in [6.45, 7) is 4.67. The normalized spacial score (nSPS) is 14.3. The van der Waals surface area contributed by atoms with Crippen LogP contribution in [0.25, 0.3) is 0 Å². The average Bonchev–Trinajstić information content (AvgIpc) is 3.10. The number of carbonyl (C=O) groups excluding carboxylic acids is 1. The first-order chi connectivity index (χ1) is 25.5. The number of aliphatic hydroxyl groups is 1. The Labute approximate surface area is 329 Å². The zero-order valence-corrected chi connectivity index (χ0v) is 36.9. The molecule has 3 unspecified atom stereocenters. The third-order valence-corrected chi connectivity index (χ3v) is 11.6. The molecule has 8 nitrogen and oxygen atoms in total. The molecule has 0 aromatic heterocycles. The van der Waals surface area contributed by atoms with Gasteiger partial charge in [0.05, 0.1) is 39.9 Å². The zero-order valence-electron chi connectivity index (χ0n) is 36.0. The zero-order chi connectivity index (χ0) is 39.3. The maximum atomic E-state index is 12.8. The minimum atomic E-state index is -4.54. The fourth-order valence-corrected chi connectivity index (χ4v) is 7.65. The van der Waals surface area contributed by atoms with Gasteiger partial charge in [-0.3, -0.25) is 9.36 Å². The van der Waals surface area contributed by atoms with Crippen LogP contribution in [0.4, 0.5) is 0 Å². The number of quaternary nitrogens is 1. The van der Waals surface area contributed by atoms with Gasteiger partial charge in [-0.05, 0) is 12.8 Å². The minimum absolute atomic E-state index is 0.0151. The number of hydrogen-bond donors (Lipinski definition) is 2. The number of phosphoric acid groups is 1. The number of carbonyl (C=O) groups is 1. The first kappa shape index (κ1) is 52.5. The van der Waals surface area contributed by atoms with E-state index in [2.05, 4.69) is 19.2 Å². The lowest BCUT2D eigenvalue weighted by Crippen LogP contribution is -2.46. The molecular weight excluding hydrogens is 683 g/mol. The second-order valence-electron chi connectivity index (χ2n) is 17.1. The smallest absolute Gasteiger partial charge is 0.268 e. The molecule has 0 saturated carbocycles. The Bertz CT molecular complexity index is 839. The van der Waals surface area contributed by atoms with Crippen molar-refractivity contribution < 1.29 is 32.9 Å². The summed E-state index contributed by atoms with van der Waals surface area (Å²) in [4.78, 5) is 25.2. The number of nitrogens with zero attached hydrogens (tertiary/aromatic N) is 1. The van der Waals surface area contributed by atoms with Crippen molar-refractivity contribution in [1.29, 1.82) is 0 Å². The van der Waals surface area contributed by atoms with E-state index in [1.165, 1.54) is 161 Å². The van der Waals surface area contributed by atoms with E-state index in [1.54, 1.807) is 0 Å². The highest BCUT2D eigenvalue weighted by molar-refractivity contribution is 7.45. The van der Waals surface area contributed by atoms with E-state index < -0.39 is 20.0 Å². The lowest BCUT2D eigenvalue weighted by Gasteiger charge is -2.30. The summed E-state index contributed by atoms with van der Waals surface area (Å²) in [7, 11) is 1.31. The van der Waals surface area contributed by atoms with E-state index >= 15 is 0 Å². The summed E-state index contributed by atoms with van der Waals surface area (Å²) in [5.41, 5.74) is 0. The molecule has 0 bridgehead atoms. The molecule has 0 heterocycles. The van der Waals surface area contributed by atoms with Gasteiger partial charge in [-0.2, -0.15) is 0 Å². The van der Waals surface area contributed by atoms with Crippen molar-refractivity contribution in [2.45, 2.75) is 238 Å². The van der Waals surface area contributed by atoms with Crippen LogP contribution in [-0.4, -0.2) is 68.5 Å². The second kappa shape index (κ2) is 37.1. The minimum Gasteiger partial charge on any atom is -0.756 e. The molecule has 0 fully saturated rings. The van der Waals surface area contributed by atoms with E-state index in [0.717, 1.165) is 38.5 Å². The number of unbranched alkanes of at least 4 members (excludes halogenated alkanes) is 29. The Kier molecular flexibility index (Phi) is 36.7. The topological polar surface area (TPSA) is 108 Å². The van der Waals surface area contributed by atoms with Gasteiger partial charge in [-0.15, -0.1) is 0 Å².